The number of aromatic nitrogens is 4. The van der Waals surface area contributed by atoms with E-state index in [2.05, 4.69) is 15.0 Å². The maximum Gasteiger partial charge on any atom is 0.137 e. The van der Waals surface area contributed by atoms with Crippen LogP contribution in [0.2, 0.25) is 0 Å². The third-order valence-electron chi connectivity index (χ3n) is 5.07. The number of aromatic amines is 1. The van der Waals surface area contributed by atoms with E-state index in [1.54, 1.807) is 30.7 Å². The molecule has 0 aliphatic heterocycles. The van der Waals surface area contributed by atoms with Gasteiger partial charge in [-0.15, -0.1) is 11.3 Å². The van der Waals surface area contributed by atoms with Gasteiger partial charge in [-0.3, -0.25) is 4.98 Å². The van der Waals surface area contributed by atoms with Gasteiger partial charge in [0, 0.05) is 40.5 Å². The van der Waals surface area contributed by atoms with Crippen molar-refractivity contribution in [1.82, 2.24) is 19.9 Å². The van der Waals surface area contributed by atoms with Gasteiger partial charge in [0.25, 0.3) is 0 Å². The molecule has 6 heteroatoms. The first-order chi connectivity index (χ1) is 14.1. The maximum atomic E-state index is 11.1. The van der Waals surface area contributed by atoms with Crippen molar-refractivity contribution in [2.24, 2.45) is 0 Å². The lowest BCUT2D eigenvalue weighted by Gasteiger charge is -2.23. The molecular weight excluding hydrogens is 380 g/mol. The Labute approximate surface area is 171 Å². The third-order valence-corrected chi connectivity index (χ3v) is 5.95. The van der Waals surface area contributed by atoms with Gasteiger partial charge < -0.3 is 10.1 Å². The van der Waals surface area contributed by atoms with Crippen molar-refractivity contribution in [3.63, 3.8) is 0 Å². The molecule has 0 saturated heterocycles. The highest BCUT2D eigenvalue weighted by atomic mass is 32.1. The molecule has 0 fully saturated rings. The number of thiazole rings is 1. The molecule has 0 spiro atoms. The van der Waals surface area contributed by atoms with Crippen LogP contribution in [0.5, 0.6) is 0 Å². The molecule has 0 bridgehead atoms. The van der Waals surface area contributed by atoms with Crippen molar-refractivity contribution in [2.45, 2.75) is 12.5 Å². The van der Waals surface area contributed by atoms with E-state index in [0.717, 1.165) is 38.4 Å². The molecule has 0 amide bonds. The van der Waals surface area contributed by atoms with E-state index >= 15 is 0 Å². The Morgan fingerprint density at radius 3 is 2.76 bits per heavy atom. The van der Waals surface area contributed by atoms with Crippen LogP contribution in [0.3, 0.4) is 0 Å². The van der Waals surface area contributed by atoms with E-state index < -0.39 is 5.60 Å². The van der Waals surface area contributed by atoms with E-state index in [4.69, 9.17) is 4.98 Å². The first kappa shape index (κ1) is 17.7. The van der Waals surface area contributed by atoms with Gasteiger partial charge in [-0.25, -0.2) is 9.97 Å². The van der Waals surface area contributed by atoms with E-state index in [0.29, 0.717) is 5.69 Å². The molecule has 1 atom stereocenters. The van der Waals surface area contributed by atoms with E-state index in [1.165, 1.54) is 0 Å². The molecular formula is C23H18N4OS. The molecule has 4 aromatic heterocycles. The Kier molecular flexibility index (Phi) is 4.23. The van der Waals surface area contributed by atoms with Crippen molar-refractivity contribution >= 4 is 22.4 Å². The second kappa shape index (κ2) is 6.92. The summed E-state index contributed by atoms with van der Waals surface area (Å²) < 4.78 is 0. The second-order valence-electron chi connectivity index (χ2n) is 7.01. The minimum absolute atomic E-state index is 0.613. The van der Waals surface area contributed by atoms with Crippen molar-refractivity contribution in [1.29, 1.82) is 0 Å². The Morgan fingerprint density at radius 2 is 1.90 bits per heavy atom. The van der Waals surface area contributed by atoms with Gasteiger partial charge in [0.05, 0.1) is 11.4 Å². The number of H-pyrrole nitrogens is 1. The van der Waals surface area contributed by atoms with Crippen molar-refractivity contribution in [3.05, 3.63) is 89.8 Å². The summed E-state index contributed by atoms with van der Waals surface area (Å²) in [5.41, 5.74) is 3.94. The highest BCUT2D eigenvalue weighted by Crippen LogP contribution is 2.35. The molecule has 5 aromatic rings. The molecule has 2 N–H and O–H groups in total. The van der Waals surface area contributed by atoms with E-state index in [-0.39, 0.29) is 0 Å². The van der Waals surface area contributed by atoms with Crippen molar-refractivity contribution in [2.75, 3.05) is 0 Å². The molecule has 0 aliphatic carbocycles. The van der Waals surface area contributed by atoms with Crippen molar-refractivity contribution < 1.29 is 5.11 Å². The number of hydrogen-bond acceptors (Lipinski definition) is 5. The number of benzene rings is 1. The van der Waals surface area contributed by atoms with E-state index in [9.17, 15) is 5.11 Å². The molecule has 0 radical (unpaired) electrons. The zero-order chi connectivity index (χ0) is 19.8. The number of fused-ring (bicyclic) bond motifs is 1. The highest BCUT2D eigenvalue weighted by molar-refractivity contribution is 7.13. The summed E-state index contributed by atoms with van der Waals surface area (Å²) in [7, 11) is 0. The number of aliphatic hydroxyl groups is 1. The Bertz CT molecular complexity index is 1290. The van der Waals surface area contributed by atoms with Crippen LogP contribution in [0.15, 0.2) is 78.6 Å². The third kappa shape index (κ3) is 3.12. The Balaban J connectivity index is 1.52. The summed E-state index contributed by atoms with van der Waals surface area (Å²) in [5, 5.41) is 15.1. The first-order valence-corrected chi connectivity index (χ1v) is 10.1. The topological polar surface area (TPSA) is 74.7 Å². The van der Waals surface area contributed by atoms with Gasteiger partial charge in [-0.05, 0) is 42.8 Å². The van der Waals surface area contributed by atoms with E-state index in [1.807, 2.05) is 66.2 Å². The predicted octanol–water partition coefficient (Wildman–Crippen LogP) is 5.00. The zero-order valence-corrected chi connectivity index (χ0v) is 16.5. The molecule has 0 unspecified atom stereocenters. The Hall–Kier alpha value is -3.35. The lowest BCUT2D eigenvalue weighted by Crippen LogP contribution is -2.24. The fourth-order valence-electron chi connectivity index (χ4n) is 3.44. The summed E-state index contributed by atoms with van der Waals surface area (Å²) >= 11 is 1.59. The quantitative estimate of drug-likeness (QED) is 0.446. The summed E-state index contributed by atoms with van der Waals surface area (Å²) in [6.07, 6.45) is 5.41. The fourth-order valence-corrected chi connectivity index (χ4v) is 4.30. The largest absolute Gasteiger partial charge is 0.379 e. The van der Waals surface area contributed by atoms with Crippen molar-refractivity contribution in [3.8, 4) is 21.8 Å². The van der Waals surface area contributed by atoms with Crippen LogP contribution in [0.1, 0.15) is 18.2 Å². The smallest absolute Gasteiger partial charge is 0.137 e. The summed E-state index contributed by atoms with van der Waals surface area (Å²) in [6, 6.07) is 17.4. The number of nitrogens with one attached hydrogen (secondary N) is 1. The molecule has 4 heterocycles. The molecule has 29 heavy (non-hydrogen) atoms. The molecule has 1 aromatic carbocycles. The van der Waals surface area contributed by atoms with Gasteiger partial charge in [0.15, 0.2) is 0 Å². The van der Waals surface area contributed by atoms with Crippen LogP contribution >= 0.6 is 11.3 Å². The SMILES string of the molecule is C[C@](O)(c1cccc(-c2csc(-c3c[nH]c4ncccc34)n2)c1)c1ccccn1. The van der Waals surface area contributed by atoms with Gasteiger partial charge >= 0.3 is 0 Å². The summed E-state index contributed by atoms with van der Waals surface area (Å²) in [4.78, 5) is 16.7. The van der Waals surface area contributed by atoms with Crippen LogP contribution in [0.4, 0.5) is 0 Å². The highest BCUT2D eigenvalue weighted by Gasteiger charge is 2.27. The first-order valence-electron chi connectivity index (χ1n) is 9.26. The lowest BCUT2D eigenvalue weighted by atomic mass is 9.90. The van der Waals surface area contributed by atoms with Gasteiger partial charge in [-0.2, -0.15) is 0 Å². The maximum absolute atomic E-state index is 11.1. The number of pyridine rings is 2. The lowest BCUT2D eigenvalue weighted by molar-refractivity contribution is 0.0974. The summed E-state index contributed by atoms with van der Waals surface area (Å²) in [6.45, 7) is 1.76. The minimum Gasteiger partial charge on any atom is -0.379 e. The van der Waals surface area contributed by atoms with Crippen LogP contribution < -0.4 is 0 Å². The monoisotopic (exact) mass is 398 g/mol. The standard InChI is InChI=1S/C23H18N4OS/c1-23(28,20-9-2-3-10-24-20)16-7-4-6-15(12-16)19-14-29-22(27-19)18-13-26-21-17(18)8-5-11-25-21/h2-14,28H,1H3,(H,25,26)/t23-/m0/s1. The van der Waals surface area contributed by atoms with Gasteiger partial charge in [0.1, 0.15) is 16.3 Å². The molecule has 142 valence electrons. The second-order valence-corrected chi connectivity index (χ2v) is 7.87. The number of nitrogens with zero attached hydrogens (tertiary/aromatic N) is 3. The van der Waals surface area contributed by atoms with Gasteiger partial charge in [0.2, 0.25) is 0 Å². The Morgan fingerprint density at radius 1 is 1.00 bits per heavy atom. The molecule has 5 nitrogen and oxygen atoms in total. The zero-order valence-electron chi connectivity index (χ0n) is 15.7. The fraction of sp³-hybridized carbons (Fsp3) is 0.0870. The normalized spacial score (nSPS) is 13.4. The van der Waals surface area contributed by atoms with Crippen LogP contribution in [-0.4, -0.2) is 25.0 Å². The van der Waals surface area contributed by atoms with Crippen LogP contribution in [-0.2, 0) is 5.60 Å². The molecule has 0 aliphatic rings. The minimum atomic E-state index is -1.18. The van der Waals surface area contributed by atoms with Gasteiger partial charge in [-0.1, -0.05) is 24.3 Å². The molecule has 0 saturated carbocycles. The predicted molar refractivity (Wildman–Crippen MR) is 116 cm³/mol. The molecule has 5 rings (SSSR count). The average molecular weight is 398 g/mol. The average Bonchev–Trinajstić information content (AvgIpc) is 3.41. The number of rotatable bonds is 4. The summed E-state index contributed by atoms with van der Waals surface area (Å²) in [5.74, 6) is 0. The van der Waals surface area contributed by atoms with Crippen LogP contribution in [0, 0.1) is 0 Å². The number of hydrogen-bond donors (Lipinski definition) is 2. The van der Waals surface area contributed by atoms with Crippen LogP contribution in [0.25, 0.3) is 32.9 Å².